The summed E-state index contributed by atoms with van der Waals surface area (Å²) < 4.78 is 30.3. The quantitative estimate of drug-likeness (QED) is 0.893. The van der Waals surface area contributed by atoms with Crippen molar-refractivity contribution in [2.45, 2.75) is 58.5 Å². The van der Waals surface area contributed by atoms with Gasteiger partial charge in [-0.25, -0.2) is 13.1 Å². The normalized spacial score (nSPS) is 23.6. The van der Waals surface area contributed by atoms with Crippen molar-refractivity contribution in [1.82, 2.24) is 19.4 Å². The minimum absolute atomic E-state index is 0.0360. The first kappa shape index (κ1) is 17.4. The number of hydrogen-bond acceptors (Lipinski definition) is 4. The molecule has 0 aromatic carbocycles. The predicted octanol–water partition coefficient (Wildman–Crippen LogP) is 1.70. The van der Waals surface area contributed by atoms with E-state index < -0.39 is 10.0 Å². The summed E-state index contributed by atoms with van der Waals surface area (Å²) in [4.78, 5) is 2.61. The standard InChI is InChI=1S/C15H28N4O2S/c1-7-18-8-11(4)14(9-18)17-22(20,21)15-12(5)16-19(10(2)3)13(15)6/h10-11,14,17H,7-9H2,1-6H3/t11-,14-/m1/s1. The molecule has 0 amide bonds. The molecule has 1 aromatic heterocycles. The second-order valence-electron chi connectivity index (χ2n) is 6.60. The number of likely N-dealkylation sites (N-methyl/N-ethyl adjacent to an activating group) is 1. The summed E-state index contributed by atoms with van der Waals surface area (Å²) in [5.41, 5.74) is 1.27. The Labute approximate surface area is 133 Å². The molecule has 0 aliphatic carbocycles. The van der Waals surface area contributed by atoms with E-state index in [1.54, 1.807) is 11.6 Å². The maximum Gasteiger partial charge on any atom is 0.244 e. The minimum Gasteiger partial charge on any atom is -0.302 e. The average Bonchev–Trinajstić information content (AvgIpc) is 2.90. The zero-order valence-electron chi connectivity index (χ0n) is 14.4. The van der Waals surface area contributed by atoms with Crippen LogP contribution in [0.15, 0.2) is 4.90 Å². The molecule has 7 heteroatoms. The third-order valence-electron chi connectivity index (χ3n) is 4.46. The molecule has 1 aliphatic heterocycles. The molecule has 0 radical (unpaired) electrons. The monoisotopic (exact) mass is 328 g/mol. The third-order valence-corrected chi connectivity index (χ3v) is 6.20. The van der Waals surface area contributed by atoms with Crippen molar-refractivity contribution in [3.05, 3.63) is 11.4 Å². The van der Waals surface area contributed by atoms with Crippen molar-refractivity contribution in [3.8, 4) is 0 Å². The van der Waals surface area contributed by atoms with Gasteiger partial charge in [0.25, 0.3) is 0 Å². The van der Waals surface area contributed by atoms with Gasteiger partial charge in [-0.3, -0.25) is 4.68 Å². The largest absolute Gasteiger partial charge is 0.302 e. The van der Waals surface area contributed by atoms with Crippen molar-refractivity contribution in [2.75, 3.05) is 19.6 Å². The molecule has 126 valence electrons. The Kier molecular flexibility index (Phi) is 4.99. The summed E-state index contributed by atoms with van der Waals surface area (Å²) in [5, 5.41) is 4.39. The Bertz CT molecular complexity index is 636. The van der Waals surface area contributed by atoms with Crippen molar-refractivity contribution in [2.24, 2.45) is 5.92 Å². The van der Waals surface area contributed by atoms with Gasteiger partial charge in [-0.1, -0.05) is 13.8 Å². The van der Waals surface area contributed by atoms with Crippen LogP contribution in [0.25, 0.3) is 0 Å². The molecule has 1 fully saturated rings. The molecule has 2 atom stereocenters. The molecule has 1 saturated heterocycles. The summed E-state index contributed by atoms with van der Waals surface area (Å²) >= 11 is 0. The first-order valence-electron chi connectivity index (χ1n) is 7.97. The molecule has 6 nitrogen and oxygen atoms in total. The SMILES string of the molecule is CCN1C[C@@H](C)[C@H](NS(=O)(=O)c2c(C)nn(C(C)C)c2C)C1. The molecule has 0 bridgehead atoms. The molecule has 1 N–H and O–H groups in total. The predicted molar refractivity (Wildman–Crippen MR) is 87.5 cm³/mol. The number of aryl methyl sites for hydroxylation is 1. The van der Waals surface area contributed by atoms with Crippen LogP contribution in [0.1, 0.15) is 45.1 Å². The highest BCUT2D eigenvalue weighted by atomic mass is 32.2. The van der Waals surface area contributed by atoms with E-state index in [4.69, 9.17) is 0 Å². The van der Waals surface area contributed by atoms with E-state index in [0.717, 1.165) is 19.6 Å². The van der Waals surface area contributed by atoms with Gasteiger partial charge >= 0.3 is 0 Å². The van der Waals surface area contributed by atoms with Gasteiger partial charge in [-0.15, -0.1) is 0 Å². The smallest absolute Gasteiger partial charge is 0.244 e. The fraction of sp³-hybridized carbons (Fsp3) is 0.800. The number of likely N-dealkylation sites (tertiary alicyclic amines) is 1. The van der Waals surface area contributed by atoms with Crippen LogP contribution in [0, 0.1) is 19.8 Å². The van der Waals surface area contributed by atoms with E-state index in [1.807, 2.05) is 20.8 Å². The van der Waals surface area contributed by atoms with Crippen LogP contribution in [-0.2, 0) is 10.0 Å². The molecular weight excluding hydrogens is 300 g/mol. The lowest BCUT2D eigenvalue weighted by atomic mass is 10.1. The Morgan fingerprint density at radius 2 is 1.95 bits per heavy atom. The van der Waals surface area contributed by atoms with Gasteiger partial charge < -0.3 is 4.90 Å². The van der Waals surface area contributed by atoms with Crippen molar-refractivity contribution >= 4 is 10.0 Å². The van der Waals surface area contributed by atoms with Gasteiger partial charge in [0.1, 0.15) is 4.90 Å². The maximum absolute atomic E-state index is 12.8. The van der Waals surface area contributed by atoms with Gasteiger partial charge in [0.05, 0.1) is 11.4 Å². The fourth-order valence-corrected chi connectivity index (χ4v) is 5.01. The molecule has 2 heterocycles. The maximum atomic E-state index is 12.8. The fourth-order valence-electron chi connectivity index (χ4n) is 3.28. The second kappa shape index (κ2) is 6.29. The van der Waals surface area contributed by atoms with Crippen molar-refractivity contribution in [1.29, 1.82) is 0 Å². The number of rotatable bonds is 5. The lowest BCUT2D eigenvalue weighted by molar-refractivity contribution is 0.344. The van der Waals surface area contributed by atoms with Gasteiger partial charge in [-0.2, -0.15) is 5.10 Å². The van der Waals surface area contributed by atoms with Crippen molar-refractivity contribution in [3.63, 3.8) is 0 Å². The number of aromatic nitrogens is 2. The van der Waals surface area contributed by atoms with Gasteiger partial charge in [0, 0.05) is 25.2 Å². The van der Waals surface area contributed by atoms with E-state index in [1.165, 1.54) is 0 Å². The van der Waals surface area contributed by atoms with Gasteiger partial charge in [-0.05, 0) is 40.2 Å². The van der Waals surface area contributed by atoms with Crippen LogP contribution >= 0.6 is 0 Å². The molecule has 2 rings (SSSR count). The van der Waals surface area contributed by atoms with E-state index in [0.29, 0.717) is 22.2 Å². The first-order chi connectivity index (χ1) is 10.2. The lowest BCUT2D eigenvalue weighted by Crippen LogP contribution is -2.40. The van der Waals surface area contributed by atoms with E-state index in [9.17, 15) is 8.42 Å². The van der Waals surface area contributed by atoms with Crippen LogP contribution in [0.3, 0.4) is 0 Å². The van der Waals surface area contributed by atoms with E-state index in [-0.39, 0.29) is 12.1 Å². The van der Waals surface area contributed by atoms with E-state index >= 15 is 0 Å². The average molecular weight is 328 g/mol. The molecular formula is C15H28N4O2S. The highest BCUT2D eigenvalue weighted by Gasteiger charge is 2.34. The lowest BCUT2D eigenvalue weighted by Gasteiger charge is -2.17. The second-order valence-corrected chi connectivity index (χ2v) is 8.25. The zero-order chi connectivity index (χ0) is 16.7. The Morgan fingerprint density at radius 3 is 2.41 bits per heavy atom. The van der Waals surface area contributed by atoms with Gasteiger partial charge in [0.15, 0.2) is 0 Å². The summed E-state index contributed by atoms with van der Waals surface area (Å²) in [6.07, 6.45) is 0. The van der Waals surface area contributed by atoms with Crippen LogP contribution in [0.2, 0.25) is 0 Å². The number of nitrogens with zero attached hydrogens (tertiary/aromatic N) is 3. The molecule has 0 unspecified atom stereocenters. The molecule has 0 spiro atoms. The third kappa shape index (κ3) is 3.21. The minimum atomic E-state index is -3.54. The molecule has 22 heavy (non-hydrogen) atoms. The van der Waals surface area contributed by atoms with Crippen LogP contribution in [-0.4, -0.2) is 48.8 Å². The molecule has 0 saturated carbocycles. The highest BCUT2D eigenvalue weighted by molar-refractivity contribution is 7.89. The first-order valence-corrected chi connectivity index (χ1v) is 9.46. The summed E-state index contributed by atoms with van der Waals surface area (Å²) in [5.74, 6) is 0.315. The Balaban J connectivity index is 2.28. The Morgan fingerprint density at radius 1 is 1.32 bits per heavy atom. The summed E-state index contributed by atoms with van der Waals surface area (Å²) in [6, 6.07) is 0.106. The van der Waals surface area contributed by atoms with E-state index in [2.05, 4.69) is 28.6 Å². The topological polar surface area (TPSA) is 67.2 Å². The van der Waals surface area contributed by atoms with Gasteiger partial charge in [0.2, 0.25) is 10.0 Å². The summed E-state index contributed by atoms with van der Waals surface area (Å²) in [7, 11) is -3.54. The van der Waals surface area contributed by atoms with Crippen LogP contribution < -0.4 is 4.72 Å². The Hall–Kier alpha value is -0.920. The number of nitrogens with one attached hydrogen (secondary N) is 1. The number of hydrogen-bond donors (Lipinski definition) is 1. The zero-order valence-corrected chi connectivity index (χ0v) is 15.2. The highest BCUT2D eigenvalue weighted by Crippen LogP contribution is 2.24. The molecule has 1 aromatic rings. The van der Waals surface area contributed by atoms with Crippen LogP contribution in [0.5, 0.6) is 0 Å². The van der Waals surface area contributed by atoms with Crippen LogP contribution in [0.4, 0.5) is 0 Å². The molecule has 1 aliphatic rings. The number of sulfonamides is 1. The van der Waals surface area contributed by atoms with Crippen molar-refractivity contribution < 1.29 is 8.42 Å². The summed E-state index contributed by atoms with van der Waals surface area (Å²) in [6.45, 7) is 14.4.